The maximum absolute atomic E-state index is 11.1. The third kappa shape index (κ3) is 4.38. The lowest BCUT2D eigenvalue weighted by molar-refractivity contribution is -0.115. The van der Waals surface area contributed by atoms with Gasteiger partial charge in [-0.3, -0.25) is 14.8 Å². The van der Waals surface area contributed by atoms with Crippen LogP contribution >= 0.6 is 0 Å². The van der Waals surface area contributed by atoms with Crippen molar-refractivity contribution in [3.8, 4) is 5.75 Å². The zero-order valence-electron chi connectivity index (χ0n) is 12.7. The summed E-state index contributed by atoms with van der Waals surface area (Å²) in [5.41, 5.74) is 2.78. The van der Waals surface area contributed by atoms with Gasteiger partial charge in [0.2, 0.25) is 0 Å². The van der Waals surface area contributed by atoms with E-state index in [1.165, 1.54) is 0 Å². The fourth-order valence-corrected chi connectivity index (χ4v) is 2.01. The van der Waals surface area contributed by atoms with E-state index in [4.69, 9.17) is 0 Å². The van der Waals surface area contributed by atoms with Gasteiger partial charge in [-0.2, -0.15) is 0 Å². The summed E-state index contributed by atoms with van der Waals surface area (Å²) < 4.78 is 0. The number of nitrogens with zero attached hydrogens (tertiary/aromatic N) is 2. The predicted octanol–water partition coefficient (Wildman–Crippen LogP) is 4.21. The van der Waals surface area contributed by atoms with E-state index in [2.05, 4.69) is 9.98 Å². The zero-order chi connectivity index (χ0) is 15.9. The second-order valence-corrected chi connectivity index (χ2v) is 5.03. The van der Waals surface area contributed by atoms with E-state index in [0.29, 0.717) is 23.4 Å². The molecule has 2 aromatic rings. The number of aromatic hydroxyl groups is 1. The molecule has 0 bridgehead atoms. The van der Waals surface area contributed by atoms with Crippen LogP contribution in [0, 0.1) is 0 Å². The van der Waals surface area contributed by atoms with Crippen LogP contribution in [0.4, 0.5) is 11.4 Å². The van der Waals surface area contributed by atoms with Gasteiger partial charge in [0.15, 0.2) is 0 Å². The van der Waals surface area contributed by atoms with Crippen LogP contribution in [-0.2, 0) is 4.79 Å². The molecule has 0 aromatic heterocycles. The average Bonchev–Trinajstić information content (AvgIpc) is 2.47. The number of para-hydroxylation sites is 3. The largest absolute Gasteiger partial charge is 0.507 e. The molecule has 0 unspecified atom stereocenters. The SMILES string of the molecule is CC(=O)CC(C)=Nc1ccccc1N=Cc1ccccc1O. The molecule has 0 atom stereocenters. The molecule has 0 saturated carbocycles. The monoisotopic (exact) mass is 294 g/mol. The smallest absolute Gasteiger partial charge is 0.135 e. The minimum atomic E-state index is 0.0800. The van der Waals surface area contributed by atoms with Crippen molar-refractivity contribution in [2.45, 2.75) is 20.3 Å². The molecule has 0 heterocycles. The molecule has 1 N–H and O–H groups in total. The van der Waals surface area contributed by atoms with Crippen molar-refractivity contribution in [1.29, 1.82) is 0 Å². The number of ketones is 1. The van der Waals surface area contributed by atoms with Crippen LogP contribution < -0.4 is 0 Å². The molecule has 0 fully saturated rings. The third-order valence-corrected chi connectivity index (χ3v) is 2.98. The van der Waals surface area contributed by atoms with Crippen LogP contribution in [0.25, 0.3) is 0 Å². The van der Waals surface area contributed by atoms with Gasteiger partial charge < -0.3 is 5.11 Å². The first-order chi connectivity index (χ1) is 10.6. The predicted molar refractivity (Wildman–Crippen MR) is 89.9 cm³/mol. The van der Waals surface area contributed by atoms with E-state index in [1.807, 2.05) is 37.3 Å². The Kier molecular flexibility index (Phi) is 5.20. The minimum Gasteiger partial charge on any atom is -0.507 e. The molecule has 0 aliphatic carbocycles. The molecule has 0 saturated heterocycles. The van der Waals surface area contributed by atoms with Gasteiger partial charge in [-0.25, -0.2) is 0 Å². The first kappa shape index (κ1) is 15.6. The van der Waals surface area contributed by atoms with Gasteiger partial charge >= 0.3 is 0 Å². The Labute approximate surface area is 129 Å². The molecule has 0 aliphatic rings. The molecule has 0 radical (unpaired) electrons. The fourth-order valence-electron chi connectivity index (χ4n) is 2.01. The van der Waals surface area contributed by atoms with Gasteiger partial charge in [-0.15, -0.1) is 0 Å². The highest BCUT2D eigenvalue weighted by atomic mass is 16.3. The van der Waals surface area contributed by atoms with E-state index >= 15 is 0 Å². The molecule has 4 heteroatoms. The Morgan fingerprint density at radius 1 is 1.05 bits per heavy atom. The van der Waals surface area contributed by atoms with Crippen LogP contribution in [0.5, 0.6) is 5.75 Å². The van der Waals surface area contributed by atoms with Crippen LogP contribution in [-0.4, -0.2) is 22.8 Å². The zero-order valence-corrected chi connectivity index (χ0v) is 12.7. The molecular weight excluding hydrogens is 276 g/mol. The van der Waals surface area contributed by atoms with Gasteiger partial charge in [0, 0.05) is 23.9 Å². The highest BCUT2D eigenvalue weighted by Gasteiger charge is 2.02. The van der Waals surface area contributed by atoms with Crippen molar-refractivity contribution in [3.63, 3.8) is 0 Å². The molecule has 4 nitrogen and oxygen atoms in total. The first-order valence-corrected chi connectivity index (χ1v) is 7.01. The van der Waals surface area contributed by atoms with Gasteiger partial charge in [0.25, 0.3) is 0 Å². The van der Waals surface area contributed by atoms with Crippen molar-refractivity contribution in [3.05, 3.63) is 54.1 Å². The van der Waals surface area contributed by atoms with Crippen LogP contribution in [0.1, 0.15) is 25.8 Å². The Hall–Kier alpha value is -2.75. The van der Waals surface area contributed by atoms with E-state index in [0.717, 1.165) is 5.71 Å². The second kappa shape index (κ2) is 7.31. The maximum Gasteiger partial charge on any atom is 0.135 e. The van der Waals surface area contributed by atoms with Crippen molar-refractivity contribution in [1.82, 2.24) is 0 Å². The molecule has 2 rings (SSSR count). The quantitative estimate of drug-likeness (QED) is 0.839. The number of rotatable bonds is 5. The number of benzene rings is 2. The number of Topliss-reactive ketones (excluding diaryl/α,β-unsaturated/α-hetero) is 1. The molecule has 0 aliphatic heterocycles. The van der Waals surface area contributed by atoms with Crippen molar-refractivity contribution >= 4 is 29.1 Å². The number of phenolic OH excluding ortho intramolecular Hbond substituents is 1. The van der Waals surface area contributed by atoms with Crippen LogP contribution in [0.15, 0.2) is 58.5 Å². The van der Waals surface area contributed by atoms with E-state index in [1.54, 1.807) is 31.3 Å². The van der Waals surface area contributed by atoms with Gasteiger partial charge in [-0.05, 0) is 38.1 Å². The minimum absolute atomic E-state index is 0.0800. The third-order valence-electron chi connectivity index (χ3n) is 2.98. The number of hydrogen-bond donors (Lipinski definition) is 1. The number of carbonyl (C=O) groups excluding carboxylic acids is 1. The molecule has 0 amide bonds. The van der Waals surface area contributed by atoms with Gasteiger partial charge in [-0.1, -0.05) is 24.3 Å². The van der Waals surface area contributed by atoms with E-state index in [-0.39, 0.29) is 11.5 Å². The van der Waals surface area contributed by atoms with Crippen molar-refractivity contribution < 1.29 is 9.90 Å². The number of phenols is 1. The first-order valence-electron chi connectivity index (χ1n) is 7.01. The van der Waals surface area contributed by atoms with Gasteiger partial charge in [0.05, 0.1) is 11.4 Å². The normalized spacial score (nSPS) is 11.8. The molecular formula is C18H18N2O2. The average molecular weight is 294 g/mol. The lowest BCUT2D eigenvalue weighted by atomic mass is 10.2. The van der Waals surface area contributed by atoms with Gasteiger partial charge in [0.1, 0.15) is 11.5 Å². The highest BCUT2D eigenvalue weighted by Crippen LogP contribution is 2.28. The topological polar surface area (TPSA) is 62.0 Å². The van der Waals surface area contributed by atoms with Crippen molar-refractivity contribution in [2.24, 2.45) is 9.98 Å². The summed E-state index contributed by atoms with van der Waals surface area (Å²) in [5, 5.41) is 9.75. The highest BCUT2D eigenvalue weighted by molar-refractivity contribution is 6.01. The molecule has 112 valence electrons. The molecule has 0 spiro atoms. The van der Waals surface area contributed by atoms with Crippen LogP contribution in [0.2, 0.25) is 0 Å². The fraction of sp³-hybridized carbons (Fsp3) is 0.167. The molecule has 22 heavy (non-hydrogen) atoms. The maximum atomic E-state index is 11.1. The van der Waals surface area contributed by atoms with Crippen LogP contribution in [0.3, 0.4) is 0 Å². The second-order valence-electron chi connectivity index (χ2n) is 5.03. The number of aliphatic imine (C=N–C) groups is 2. The Morgan fingerprint density at radius 2 is 1.68 bits per heavy atom. The Morgan fingerprint density at radius 3 is 2.36 bits per heavy atom. The summed E-state index contributed by atoms with van der Waals surface area (Å²) in [7, 11) is 0. The standard InChI is InChI=1S/C18H18N2O2/c1-13(11-14(2)21)20-17-9-5-4-8-16(17)19-12-15-7-3-6-10-18(15)22/h3-10,12,22H,11H2,1-2H3. The summed E-state index contributed by atoms with van der Waals surface area (Å²) in [4.78, 5) is 20.0. The van der Waals surface area contributed by atoms with E-state index in [9.17, 15) is 9.90 Å². The lowest BCUT2D eigenvalue weighted by Crippen LogP contribution is -1.99. The molecule has 2 aromatic carbocycles. The lowest BCUT2D eigenvalue weighted by Gasteiger charge is -2.03. The Bertz CT molecular complexity index is 733. The Balaban J connectivity index is 2.29. The number of hydrogen-bond acceptors (Lipinski definition) is 4. The summed E-state index contributed by atoms with van der Waals surface area (Å²) in [5.74, 6) is 0.261. The van der Waals surface area contributed by atoms with Crippen molar-refractivity contribution in [2.75, 3.05) is 0 Å². The number of carbonyl (C=O) groups is 1. The van der Waals surface area contributed by atoms with E-state index < -0.39 is 0 Å². The summed E-state index contributed by atoms with van der Waals surface area (Å²) >= 11 is 0. The summed E-state index contributed by atoms with van der Waals surface area (Å²) in [6.07, 6.45) is 1.93. The summed E-state index contributed by atoms with van der Waals surface area (Å²) in [6.45, 7) is 3.37. The summed E-state index contributed by atoms with van der Waals surface area (Å²) in [6, 6.07) is 14.4.